The second kappa shape index (κ2) is 6.12. The highest BCUT2D eigenvalue weighted by Crippen LogP contribution is 2.20. The molecule has 4 heteroatoms. The van der Waals surface area contributed by atoms with Crippen molar-refractivity contribution in [3.8, 4) is 0 Å². The zero-order chi connectivity index (χ0) is 14.7. The second-order valence-corrected chi connectivity index (χ2v) is 5.56. The average molecular weight is 283 g/mol. The highest BCUT2D eigenvalue weighted by molar-refractivity contribution is 5.35. The molecule has 0 spiro atoms. The lowest BCUT2D eigenvalue weighted by molar-refractivity contribution is 0.705. The van der Waals surface area contributed by atoms with Crippen LogP contribution in [0, 0.1) is 0 Å². The molecular formula is C17H21N3O. The fourth-order valence-corrected chi connectivity index (χ4v) is 2.87. The third-order valence-corrected chi connectivity index (χ3v) is 3.97. The Morgan fingerprint density at radius 3 is 2.90 bits per heavy atom. The van der Waals surface area contributed by atoms with Gasteiger partial charge in [0.25, 0.3) is 5.56 Å². The van der Waals surface area contributed by atoms with Crippen LogP contribution in [0.1, 0.15) is 36.6 Å². The summed E-state index contributed by atoms with van der Waals surface area (Å²) >= 11 is 0. The Morgan fingerprint density at radius 2 is 2.14 bits per heavy atom. The van der Waals surface area contributed by atoms with Gasteiger partial charge in [0.15, 0.2) is 0 Å². The number of hydrogen-bond donors (Lipinski definition) is 1. The third kappa shape index (κ3) is 2.99. The first-order valence-corrected chi connectivity index (χ1v) is 7.68. The molecule has 0 amide bonds. The fourth-order valence-electron chi connectivity index (χ4n) is 2.87. The Labute approximate surface area is 124 Å². The van der Waals surface area contributed by atoms with Crippen molar-refractivity contribution in [2.24, 2.45) is 0 Å². The van der Waals surface area contributed by atoms with Crippen molar-refractivity contribution in [3.63, 3.8) is 0 Å². The minimum absolute atomic E-state index is 0.0869. The summed E-state index contributed by atoms with van der Waals surface area (Å²) in [5, 5.41) is 3.26. The van der Waals surface area contributed by atoms with Crippen LogP contribution in [0.4, 0.5) is 5.82 Å². The molecule has 0 unspecified atom stereocenters. The average Bonchev–Trinajstić information content (AvgIpc) is 2.98. The molecule has 3 rings (SSSR count). The maximum Gasteiger partial charge on any atom is 0.251 e. The molecule has 2 aromatic rings. The monoisotopic (exact) mass is 283 g/mol. The lowest BCUT2D eigenvalue weighted by Crippen LogP contribution is -2.23. The summed E-state index contributed by atoms with van der Waals surface area (Å²) in [6, 6.07) is 7.71. The van der Waals surface area contributed by atoms with Crippen LogP contribution in [0.25, 0.3) is 0 Å². The van der Waals surface area contributed by atoms with E-state index in [-0.39, 0.29) is 5.56 Å². The van der Waals surface area contributed by atoms with E-state index in [1.165, 1.54) is 11.3 Å². The summed E-state index contributed by atoms with van der Waals surface area (Å²) in [6.07, 6.45) is 6.19. The topological polar surface area (TPSA) is 46.9 Å². The Hall–Kier alpha value is -2.10. The molecule has 0 bridgehead atoms. The molecule has 1 aliphatic carbocycles. The van der Waals surface area contributed by atoms with Crippen molar-refractivity contribution in [3.05, 3.63) is 57.6 Å². The molecule has 2 aromatic heterocycles. The maximum atomic E-state index is 12.1. The second-order valence-electron chi connectivity index (χ2n) is 5.56. The predicted molar refractivity (Wildman–Crippen MR) is 84.8 cm³/mol. The van der Waals surface area contributed by atoms with Crippen LogP contribution in [0.2, 0.25) is 0 Å². The summed E-state index contributed by atoms with van der Waals surface area (Å²) in [4.78, 5) is 16.5. The molecule has 0 fully saturated rings. The minimum Gasteiger partial charge on any atom is -0.370 e. The minimum atomic E-state index is 0.0869. The number of pyridine rings is 2. The first kappa shape index (κ1) is 13.9. The van der Waals surface area contributed by atoms with Gasteiger partial charge in [0.1, 0.15) is 5.82 Å². The Morgan fingerprint density at radius 1 is 1.24 bits per heavy atom. The molecule has 0 atom stereocenters. The van der Waals surface area contributed by atoms with Crippen LogP contribution >= 0.6 is 0 Å². The largest absolute Gasteiger partial charge is 0.370 e. The molecule has 4 nitrogen and oxygen atoms in total. The first-order valence-electron chi connectivity index (χ1n) is 7.68. The zero-order valence-corrected chi connectivity index (χ0v) is 12.4. The van der Waals surface area contributed by atoms with Crippen LogP contribution in [-0.2, 0) is 19.4 Å². The van der Waals surface area contributed by atoms with Gasteiger partial charge >= 0.3 is 0 Å². The van der Waals surface area contributed by atoms with E-state index in [2.05, 4.69) is 17.2 Å². The van der Waals surface area contributed by atoms with Gasteiger partial charge < -0.3 is 9.88 Å². The van der Waals surface area contributed by atoms with Gasteiger partial charge in [-0.05, 0) is 42.9 Å². The molecule has 0 saturated heterocycles. The van der Waals surface area contributed by atoms with Crippen molar-refractivity contribution in [1.29, 1.82) is 0 Å². The Balaban J connectivity index is 1.81. The van der Waals surface area contributed by atoms with Crippen molar-refractivity contribution in [1.82, 2.24) is 9.55 Å². The number of fused-ring (bicyclic) bond motifs is 1. The van der Waals surface area contributed by atoms with Crippen LogP contribution in [-0.4, -0.2) is 16.1 Å². The Bertz CT molecular complexity index is 673. The number of rotatable bonds is 5. The quantitative estimate of drug-likeness (QED) is 0.917. The van der Waals surface area contributed by atoms with Gasteiger partial charge in [-0.25, -0.2) is 4.98 Å². The van der Waals surface area contributed by atoms with E-state index < -0.39 is 0 Å². The van der Waals surface area contributed by atoms with Gasteiger partial charge in [-0.1, -0.05) is 19.1 Å². The predicted octanol–water partition coefficient (Wildman–Crippen LogP) is 2.60. The molecule has 0 radical (unpaired) electrons. The van der Waals surface area contributed by atoms with Gasteiger partial charge in [-0.3, -0.25) is 4.79 Å². The molecule has 1 N–H and O–H groups in total. The smallest absolute Gasteiger partial charge is 0.251 e. The summed E-state index contributed by atoms with van der Waals surface area (Å²) in [5.41, 5.74) is 3.68. The standard InChI is InChI=1S/C17H21N3O/c1-2-10-18-16-8-6-13(11-19-16)12-20-15-5-3-4-14(15)7-9-17(20)21/h6-9,11H,2-5,10,12H2,1H3,(H,18,19). The van der Waals surface area contributed by atoms with Gasteiger partial charge in [-0.15, -0.1) is 0 Å². The van der Waals surface area contributed by atoms with Gasteiger partial charge in [0.2, 0.25) is 0 Å². The highest BCUT2D eigenvalue weighted by Gasteiger charge is 2.15. The van der Waals surface area contributed by atoms with E-state index in [9.17, 15) is 4.79 Å². The lowest BCUT2D eigenvalue weighted by atomic mass is 10.2. The molecule has 0 aliphatic heterocycles. The van der Waals surface area contributed by atoms with E-state index in [1.54, 1.807) is 6.07 Å². The van der Waals surface area contributed by atoms with Crippen LogP contribution in [0.3, 0.4) is 0 Å². The highest BCUT2D eigenvalue weighted by atomic mass is 16.1. The summed E-state index contributed by atoms with van der Waals surface area (Å²) < 4.78 is 1.90. The zero-order valence-electron chi connectivity index (χ0n) is 12.4. The van der Waals surface area contributed by atoms with E-state index in [4.69, 9.17) is 0 Å². The van der Waals surface area contributed by atoms with Gasteiger partial charge in [0, 0.05) is 24.5 Å². The van der Waals surface area contributed by atoms with Crippen LogP contribution < -0.4 is 10.9 Å². The number of hydrogen-bond acceptors (Lipinski definition) is 3. The molecular weight excluding hydrogens is 262 g/mol. The summed E-state index contributed by atoms with van der Waals surface area (Å²) in [6.45, 7) is 3.67. The number of nitrogens with one attached hydrogen (secondary N) is 1. The fraction of sp³-hybridized carbons (Fsp3) is 0.412. The van der Waals surface area contributed by atoms with Crippen molar-refractivity contribution >= 4 is 5.82 Å². The Kier molecular flexibility index (Phi) is 4.04. The van der Waals surface area contributed by atoms with Crippen molar-refractivity contribution < 1.29 is 0 Å². The SMILES string of the molecule is CCCNc1ccc(Cn2c3c(ccc2=O)CCC3)cn1. The molecule has 1 aliphatic rings. The maximum absolute atomic E-state index is 12.1. The van der Waals surface area contributed by atoms with Crippen molar-refractivity contribution in [2.75, 3.05) is 11.9 Å². The summed E-state index contributed by atoms with van der Waals surface area (Å²) in [7, 11) is 0. The molecule has 21 heavy (non-hydrogen) atoms. The molecule has 110 valence electrons. The van der Waals surface area contributed by atoms with E-state index >= 15 is 0 Å². The van der Waals surface area contributed by atoms with Crippen molar-refractivity contribution in [2.45, 2.75) is 39.2 Å². The van der Waals surface area contributed by atoms with E-state index in [1.807, 2.05) is 29.0 Å². The van der Waals surface area contributed by atoms with E-state index in [0.29, 0.717) is 6.54 Å². The van der Waals surface area contributed by atoms with Gasteiger partial charge in [-0.2, -0.15) is 0 Å². The van der Waals surface area contributed by atoms with Gasteiger partial charge in [0.05, 0.1) is 6.54 Å². The molecule has 2 heterocycles. The number of aromatic nitrogens is 2. The lowest BCUT2D eigenvalue weighted by Gasteiger charge is -2.12. The number of aryl methyl sites for hydroxylation is 1. The first-order chi connectivity index (χ1) is 10.3. The molecule has 0 saturated carbocycles. The number of anilines is 1. The van der Waals surface area contributed by atoms with Crippen LogP contribution in [0.15, 0.2) is 35.3 Å². The van der Waals surface area contributed by atoms with Crippen LogP contribution in [0.5, 0.6) is 0 Å². The number of nitrogens with zero attached hydrogens (tertiary/aromatic N) is 2. The van der Waals surface area contributed by atoms with E-state index in [0.717, 1.165) is 43.6 Å². The summed E-state index contributed by atoms with van der Waals surface area (Å²) in [5.74, 6) is 0.895. The third-order valence-electron chi connectivity index (χ3n) is 3.97. The normalized spacial score (nSPS) is 13.2. The molecule has 0 aromatic carbocycles.